The minimum atomic E-state index is -0.504. The van der Waals surface area contributed by atoms with Gasteiger partial charge in [0.25, 0.3) is 0 Å². The molecule has 0 amide bonds. The molecule has 2 aliphatic rings. The Balaban J connectivity index is 1.94. The molecule has 0 saturated carbocycles. The summed E-state index contributed by atoms with van der Waals surface area (Å²) < 4.78 is 0. The third kappa shape index (κ3) is 1.29. The van der Waals surface area contributed by atoms with Gasteiger partial charge in [0.1, 0.15) is 12.5 Å². The molecule has 4 nitrogen and oxygen atoms in total. The first kappa shape index (κ1) is 9.00. The van der Waals surface area contributed by atoms with Crippen LogP contribution in [0.2, 0.25) is 5.02 Å². The van der Waals surface area contributed by atoms with Crippen molar-refractivity contribution in [2.24, 2.45) is 5.10 Å². The molecule has 15 heavy (non-hydrogen) atoms. The summed E-state index contributed by atoms with van der Waals surface area (Å²) in [7, 11) is 0. The number of rotatable bonds is 1. The van der Waals surface area contributed by atoms with Crippen molar-refractivity contribution < 1.29 is 5.11 Å². The van der Waals surface area contributed by atoms with Crippen LogP contribution < -0.4 is 0 Å². The standard InChI is InChI=1S/C10H10ClN3O/c11-8-3-1-7(2-4-8)10-13-5-9(15)14(10)12-6-13/h1-4,6,9-10,15H,5H2. The van der Waals surface area contributed by atoms with E-state index in [4.69, 9.17) is 11.6 Å². The Bertz CT molecular complexity index is 406. The molecule has 0 aromatic heterocycles. The van der Waals surface area contributed by atoms with Crippen molar-refractivity contribution in [3.63, 3.8) is 0 Å². The summed E-state index contributed by atoms with van der Waals surface area (Å²) in [4.78, 5) is 2.01. The first-order valence-electron chi connectivity index (χ1n) is 4.77. The van der Waals surface area contributed by atoms with E-state index in [2.05, 4.69) is 5.10 Å². The zero-order valence-corrected chi connectivity index (χ0v) is 8.67. The average Bonchev–Trinajstić information content (AvgIpc) is 2.75. The van der Waals surface area contributed by atoms with E-state index in [0.29, 0.717) is 6.54 Å². The summed E-state index contributed by atoms with van der Waals surface area (Å²) in [6.07, 6.45) is 1.28. The van der Waals surface area contributed by atoms with E-state index in [1.807, 2.05) is 29.2 Å². The lowest BCUT2D eigenvalue weighted by atomic mass is 10.2. The minimum Gasteiger partial charge on any atom is -0.370 e. The van der Waals surface area contributed by atoms with Crippen LogP contribution in [0.15, 0.2) is 29.4 Å². The second-order valence-electron chi connectivity index (χ2n) is 3.71. The zero-order valence-electron chi connectivity index (χ0n) is 7.92. The third-order valence-corrected chi connectivity index (χ3v) is 3.00. The molecular weight excluding hydrogens is 214 g/mol. The van der Waals surface area contributed by atoms with Crippen LogP contribution in [0.3, 0.4) is 0 Å². The van der Waals surface area contributed by atoms with E-state index in [9.17, 15) is 5.11 Å². The van der Waals surface area contributed by atoms with Crippen molar-refractivity contribution >= 4 is 17.9 Å². The van der Waals surface area contributed by atoms with Crippen molar-refractivity contribution in [3.8, 4) is 0 Å². The Labute approximate surface area is 92.4 Å². The van der Waals surface area contributed by atoms with Crippen LogP contribution in [0.1, 0.15) is 11.7 Å². The Hall–Kier alpha value is -1.26. The molecule has 0 spiro atoms. The average molecular weight is 224 g/mol. The highest BCUT2D eigenvalue weighted by Crippen LogP contribution is 2.35. The van der Waals surface area contributed by atoms with Crippen LogP contribution in [0.5, 0.6) is 0 Å². The largest absolute Gasteiger partial charge is 0.370 e. The first-order valence-corrected chi connectivity index (χ1v) is 5.15. The van der Waals surface area contributed by atoms with E-state index in [1.165, 1.54) is 0 Å². The molecule has 5 heteroatoms. The Morgan fingerprint density at radius 3 is 2.60 bits per heavy atom. The van der Waals surface area contributed by atoms with Crippen LogP contribution in [-0.4, -0.2) is 34.1 Å². The Kier molecular flexibility index (Phi) is 1.87. The van der Waals surface area contributed by atoms with Crippen molar-refractivity contribution in [2.75, 3.05) is 6.54 Å². The summed E-state index contributed by atoms with van der Waals surface area (Å²) in [5, 5.41) is 16.2. The molecule has 1 fully saturated rings. The molecule has 78 valence electrons. The fraction of sp³-hybridized carbons (Fsp3) is 0.300. The molecule has 1 aromatic carbocycles. The predicted molar refractivity (Wildman–Crippen MR) is 57.2 cm³/mol. The van der Waals surface area contributed by atoms with Gasteiger partial charge in [0, 0.05) is 5.02 Å². The van der Waals surface area contributed by atoms with Gasteiger partial charge in [-0.1, -0.05) is 23.7 Å². The lowest BCUT2D eigenvalue weighted by Gasteiger charge is -2.20. The maximum atomic E-state index is 9.65. The van der Waals surface area contributed by atoms with Crippen molar-refractivity contribution in [3.05, 3.63) is 34.9 Å². The van der Waals surface area contributed by atoms with Crippen LogP contribution in [0.4, 0.5) is 0 Å². The molecule has 0 radical (unpaired) electrons. The number of aliphatic hydroxyl groups is 1. The van der Waals surface area contributed by atoms with Gasteiger partial charge < -0.3 is 10.0 Å². The molecule has 2 heterocycles. The van der Waals surface area contributed by atoms with Gasteiger partial charge in [-0.25, -0.2) is 5.01 Å². The van der Waals surface area contributed by atoms with E-state index >= 15 is 0 Å². The van der Waals surface area contributed by atoms with Gasteiger partial charge in [-0.3, -0.25) is 0 Å². The highest BCUT2D eigenvalue weighted by atomic mass is 35.5. The minimum absolute atomic E-state index is 0.0252. The fourth-order valence-corrected chi connectivity index (χ4v) is 2.17. The van der Waals surface area contributed by atoms with Gasteiger partial charge in [0.15, 0.2) is 6.23 Å². The second-order valence-corrected chi connectivity index (χ2v) is 4.15. The maximum Gasteiger partial charge on any atom is 0.162 e. The Morgan fingerprint density at radius 2 is 2.07 bits per heavy atom. The summed E-state index contributed by atoms with van der Waals surface area (Å²) in [6, 6.07) is 7.62. The number of halogens is 1. The number of hydrogen-bond donors (Lipinski definition) is 1. The normalized spacial score (nSPS) is 27.9. The van der Waals surface area contributed by atoms with Gasteiger partial charge in [-0.05, 0) is 17.7 Å². The van der Waals surface area contributed by atoms with Crippen molar-refractivity contribution in [1.29, 1.82) is 0 Å². The van der Waals surface area contributed by atoms with Gasteiger partial charge >= 0.3 is 0 Å². The lowest BCUT2D eigenvalue weighted by Crippen LogP contribution is -2.27. The molecule has 3 rings (SSSR count). The van der Waals surface area contributed by atoms with Crippen molar-refractivity contribution in [2.45, 2.75) is 12.4 Å². The highest BCUT2D eigenvalue weighted by molar-refractivity contribution is 6.30. The number of nitrogens with zero attached hydrogens (tertiary/aromatic N) is 3. The van der Waals surface area contributed by atoms with Gasteiger partial charge in [0.05, 0.1) is 6.54 Å². The quantitative estimate of drug-likeness (QED) is 0.779. The van der Waals surface area contributed by atoms with E-state index < -0.39 is 6.23 Å². The zero-order chi connectivity index (χ0) is 10.4. The van der Waals surface area contributed by atoms with E-state index in [1.54, 1.807) is 11.3 Å². The summed E-state index contributed by atoms with van der Waals surface area (Å²) in [5.41, 5.74) is 1.09. The fourth-order valence-electron chi connectivity index (χ4n) is 2.04. The number of hydrazone groups is 1. The Morgan fingerprint density at radius 1 is 1.33 bits per heavy atom. The molecular formula is C10H10ClN3O. The van der Waals surface area contributed by atoms with Gasteiger partial charge in [-0.15, -0.1) is 0 Å². The highest BCUT2D eigenvalue weighted by Gasteiger charge is 2.41. The molecule has 2 bridgehead atoms. The van der Waals surface area contributed by atoms with E-state index in [-0.39, 0.29) is 6.17 Å². The van der Waals surface area contributed by atoms with Crippen LogP contribution in [0, 0.1) is 0 Å². The van der Waals surface area contributed by atoms with Gasteiger partial charge in [-0.2, -0.15) is 5.10 Å². The molecule has 0 aliphatic carbocycles. The number of benzene rings is 1. The third-order valence-electron chi connectivity index (χ3n) is 2.75. The van der Waals surface area contributed by atoms with E-state index in [0.717, 1.165) is 10.6 Å². The summed E-state index contributed by atoms with van der Waals surface area (Å²) >= 11 is 5.83. The number of aliphatic hydroxyl groups excluding tert-OH is 1. The lowest BCUT2D eigenvalue weighted by molar-refractivity contribution is 0.0282. The number of hydrogen-bond acceptors (Lipinski definition) is 4. The predicted octanol–water partition coefficient (Wildman–Crippen LogP) is 1.23. The molecule has 1 aromatic rings. The van der Waals surface area contributed by atoms with Gasteiger partial charge in [0.2, 0.25) is 0 Å². The van der Waals surface area contributed by atoms with Crippen LogP contribution in [0.25, 0.3) is 0 Å². The molecule has 1 saturated heterocycles. The van der Waals surface area contributed by atoms with Crippen LogP contribution in [-0.2, 0) is 0 Å². The smallest absolute Gasteiger partial charge is 0.162 e. The maximum absolute atomic E-state index is 9.65. The molecule has 1 N–H and O–H groups in total. The monoisotopic (exact) mass is 223 g/mol. The molecule has 2 atom stereocenters. The topological polar surface area (TPSA) is 39.1 Å². The second kappa shape index (κ2) is 3.12. The molecule has 2 unspecified atom stereocenters. The first-order chi connectivity index (χ1) is 7.25. The summed E-state index contributed by atoms with van der Waals surface area (Å²) in [5.74, 6) is 0. The van der Waals surface area contributed by atoms with Crippen LogP contribution >= 0.6 is 11.6 Å². The number of fused-ring (bicyclic) bond motifs is 2. The summed E-state index contributed by atoms with van der Waals surface area (Å²) in [6.45, 7) is 0.608. The SMILES string of the molecule is OC1CN2C=NN1C2c1ccc(Cl)cc1. The molecule has 2 aliphatic heterocycles. The van der Waals surface area contributed by atoms with Crippen molar-refractivity contribution in [1.82, 2.24) is 9.91 Å².